The molecule has 0 amide bonds. The molecule has 2 aliphatic rings. The molecule has 4 heteroatoms. The van der Waals surface area contributed by atoms with E-state index in [4.69, 9.17) is 4.99 Å². The summed E-state index contributed by atoms with van der Waals surface area (Å²) in [6, 6.07) is 25.0. The zero-order chi connectivity index (χ0) is 33.1. The molecule has 1 N–H and O–H groups in total. The molecule has 0 saturated heterocycles. The number of aliphatic imine (C=N–C) groups is 1. The Morgan fingerprint density at radius 1 is 0.915 bits per heavy atom. The van der Waals surface area contributed by atoms with Crippen LogP contribution in [0.5, 0.6) is 0 Å². The average Bonchev–Trinajstić information content (AvgIpc) is 3.57. The maximum atomic E-state index is 5.11. The Labute approximate surface area is 290 Å². The van der Waals surface area contributed by atoms with Crippen molar-refractivity contribution in [2.45, 2.75) is 95.3 Å². The number of hydrogen-bond donors (Lipinski definition) is 1. The van der Waals surface area contributed by atoms with Crippen LogP contribution < -0.4 is 5.32 Å². The van der Waals surface area contributed by atoms with E-state index in [1.165, 1.54) is 88.1 Å². The maximum absolute atomic E-state index is 5.11. The molecule has 1 saturated carbocycles. The van der Waals surface area contributed by atoms with Crippen molar-refractivity contribution in [3.8, 4) is 0 Å². The van der Waals surface area contributed by atoms with Crippen molar-refractivity contribution in [1.29, 1.82) is 0 Å². The minimum atomic E-state index is 0.0377. The van der Waals surface area contributed by atoms with Crippen molar-refractivity contribution in [1.82, 2.24) is 10.2 Å². The molecule has 1 aliphatic carbocycles. The molecule has 0 aromatic heterocycles. The predicted molar refractivity (Wildman–Crippen MR) is 205 cm³/mol. The molecule has 47 heavy (non-hydrogen) atoms. The Balaban J connectivity index is 1.01. The second-order valence-corrected chi connectivity index (χ2v) is 15.1. The fourth-order valence-corrected chi connectivity index (χ4v) is 8.54. The molecule has 250 valence electrons. The van der Waals surface area contributed by atoms with Crippen molar-refractivity contribution in [2.75, 3.05) is 33.2 Å². The fraction of sp³-hybridized carbons (Fsp3) is 0.465. The Morgan fingerprint density at radius 2 is 1.62 bits per heavy atom. The van der Waals surface area contributed by atoms with Gasteiger partial charge in [-0.2, -0.15) is 0 Å². The summed E-state index contributed by atoms with van der Waals surface area (Å²) in [4.78, 5) is 8.97. The van der Waals surface area contributed by atoms with Crippen LogP contribution in [-0.2, 0) is 24.7 Å². The van der Waals surface area contributed by atoms with Crippen molar-refractivity contribution in [3.05, 3.63) is 124 Å². The highest BCUT2D eigenvalue weighted by Gasteiger charge is 2.41. The smallest absolute Gasteiger partial charge is 0.0339 e. The maximum Gasteiger partial charge on any atom is 0.0339 e. The molecule has 0 radical (unpaired) electrons. The van der Waals surface area contributed by atoms with Crippen LogP contribution in [0.1, 0.15) is 85.3 Å². The Hall–Kier alpha value is -2.92. The van der Waals surface area contributed by atoms with Gasteiger partial charge in [0.1, 0.15) is 0 Å². The first-order chi connectivity index (χ1) is 22.9. The summed E-state index contributed by atoms with van der Waals surface area (Å²) in [5.74, 6) is 0.689. The lowest BCUT2D eigenvalue weighted by Gasteiger charge is -2.41. The lowest BCUT2D eigenvalue weighted by molar-refractivity contribution is 0.275. The molecule has 1 unspecified atom stereocenters. The van der Waals surface area contributed by atoms with E-state index in [1.807, 2.05) is 5.41 Å². The molecule has 0 spiro atoms. The summed E-state index contributed by atoms with van der Waals surface area (Å²) in [5, 5.41) is 5.60. The predicted octanol–water partition coefficient (Wildman–Crippen LogP) is 10.0. The molecule has 0 bridgehead atoms. The van der Waals surface area contributed by atoms with Gasteiger partial charge in [-0.15, -0.1) is 0 Å². The van der Waals surface area contributed by atoms with Gasteiger partial charge in [0, 0.05) is 35.2 Å². The monoisotopic (exact) mass is 647 g/mol. The van der Waals surface area contributed by atoms with Gasteiger partial charge in [0.15, 0.2) is 0 Å². The van der Waals surface area contributed by atoms with Gasteiger partial charge in [-0.1, -0.05) is 104 Å². The number of likely N-dealkylation sites (N-methyl/N-ethyl adjacent to an activating group) is 1. The van der Waals surface area contributed by atoms with E-state index in [9.17, 15) is 0 Å². The first-order valence-electron chi connectivity index (χ1n) is 18.0. The topological polar surface area (TPSA) is 27.6 Å². The van der Waals surface area contributed by atoms with Gasteiger partial charge in [0.2, 0.25) is 0 Å². The van der Waals surface area contributed by atoms with Crippen LogP contribution in [0, 0.1) is 19.8 Å². The highest BCUT2D eigenvalue weighted by molar-refractivity contribution is 8.02. The molecule has 5 rings (SSSR count). The molecule has 1 aliphatic heterocycles. The van der Waals surface area contributed by atoms with E-state index in [0.29, 0.717) is 5.92 Å². The quantitative estimate of drug-likeness (QED) is 0.117. The van der Waals surface area contributed by atoms with E-state index in [0.717, 1.165) is 51.9 Å². The molecule has 3 aromatic carbocycles. The SMILES string of the molecule is C=CSc1c(CCNCCc2ccc(CCCN(C)CC3=CN=C(C(C)(c4ccccc4)C4CCCCC4)C3)cc2)ccc(C)c1C. The lowest BCUT2D eigenvalue weighted by atomic mass is 9.63. The van der Waals surface area contributed by atoms with Crippen molar-refractivity contribution >= 4 is 17.5 Å². The average molecular weight is 648 g/mol. The van der Waals surface area contributed by atoms with Crippen LogP contribution in [0.2, 0.25) is 0 Å². The lowest BCUT2D eigenvalue weighted by Crippen LogP contribution is -2.41. The third-order valence-electron chi connectivity index (χ3n) is 10.8. The van der Waals surface area contributed by atoms with Crippen molar-refractivity contribution < 1.29 is 0 Å². The second kappa shape index (κ2) is 17.5. The van der Waals surface area contributed by atoms with Gasteiger partial charge in [0.25, 0.3) is 0 Å². The summed E-state index contributed by atoms with van der Waals surface area (Å²) in [6.07, 6.45) is 14.4. The molecular weight excluding hydrogens is 591 g/mol. The molecule has 1 heterocycles. The molecule has 1 atom stereocenters. The zero-order valence-electron chi connectivity index (χ0n) is 29.5. The number of hydrogen-bond acceptors (Lipinski definition) is 4. The Bertz CT molecular complexity index is 1500. The number of aryl methyl sites for hydroxylation is 2. The normalized spacial score (nSPS) is 16.6. The van der Waals surface area contributed by atoms with Crippen LogP contribution in [0.4, 0.5) is 0 Å². The van der Waals surface area contributed by atoms with E-state index < -0.39 is 0 Å². The standard InChI is InChI=1S/C43H57N3S/c1-6-47-42-34(3)33(2)19-24-38(42)26-28-44-27-25-36-22-20-35(21-23-36)14-13-29-46(5)32-37-30-41(45-31-37)43(4,39-15-9-7-10-16-39)40-17-11-8-12-18-40/h6-7,9-10,15-16,19-24,31,40,44H,1,8,11-14,17-18,25-30,32H2,2-5H3. The first kappa shape index (κ1) is 35.4. The van der Waals surface area contributed by atoms with Crippen molar-refractivity contribution in [2.24, 2.45) is 10.9 Å². The van der Waals surface area contributed by atoms with Crippen LogP contribution in [-0.4, -0.2) is 43.8 Å². The van der Waals surface area contributed by atoms with E-state index in [2.05, 4.69) is 118 Å². The van der Waals surface area contributed by atoms with Crippen LogP contribution in [0.15, 0.2) is 100 Å². The van der Waals surface area contributed by atoms with E-state index >= 15 is 0 Å². The first-order valence-corrected chi connectivity index (χ1v) is 18.9. The third-order valence-corrected chi connectivity index (χ3v) is 11.8. The minimum Gasteiger partial charge on any atom is -0.316 e. The van der Waals surface area contributed by atoms with Gasteiger partial charge >= 0.3 is 0 Å². The van der Waals surface area contributed by atoms with E-state index in [-0.39, 0.29) is 5.41 Å². The third kappa shape index (κ3) is 9.37. The summed E-state index contributed by atoms with van der Waals surface area (Å²) in [7, 11) is 2.27. The minimum absolute atomic E-state index is 0.0377. The molecular formula is C43H57N3S. The summed E-state index contributed by atoms with van der Waals surface area (Å²) < 4.78 is 0. The van der Waals surface area contributed by atoms with Gasteiger partial charge < -0.3 is 10.2 Å². The van der Waals surface area contributed by atoms with Crippen LogP contribution in [0.3, 0.4) is 0 Å². The number of nitrogens with zero attached hydrogens (tertiary/aromatic N) is 2. The summed E-state index contributed by atoms with van der Waals surface area (Å²) in [6.45, 7) is 14.9. The highest BCUT2D eigenvalue weighted by atomic mass is 32.2. The van der Waals surface area contributed by atoms with Gasteiger partial charge in [-0.3, -0.25) is 4.99 Å². The number of nitrogens with one attached hydrogen (secondary N) is 1. The van der Waals surface area contributed by atoms with Gasteiger partial charge in [-0.05, 0) is 136 Å². The van der Waals surface area contributed by atoms with Crippen LogP contribution in [0.25, 0.3) is 0 Å². The number of rotatable bonds is 17. The van der Waals surface area contributed by atoms with Gasteiger partial charge in [-0.25, -0.2) is 0 Å². The number of thioether (sulfide) groups is 1. The molecule has 3 aromatic rings. The molecule has 3 nitrogen and oxygen atoms in total. The van der Waals surface area contributed by atoms with E-state index in [1.54, 1.807) is 11.8 Å². The second-order valence-electron chi connectivity index (χ2n) is 14.1. The zero-order valence-corrected chi connectivity index (χ0v) is 30.3. The summed E-state index contributed by atoms with van der Waals surface area (Å²) in [5.41, 5.74) is 11.3. The number of benzene rings is 3. The van der Waals surface area contributed by atoms with Crippen LogP contribution >= 0.6 is 11.8 Å². The van der Waals surface area contributed by atoms with Crippen molar-refractivity contribution in [3.63, 3.8) is 0 Å². The Morgan fingerprint density at radius 3 is 2.34 bits per heavy atom. The van der Waals surface area contributed by atoms with Gasteiger partial charge in [0.05, 0.1) is 0 Å². The fourth-order valence-electron chi connectivity index (χ4n) is 7.71. The largest absolute Gasteiger partial charge is 0.316 e. The Kier molecular flexibility index (Phi) is 13.2. The highest BCUT2D eigenvalue weighted by Crippen LogP contribution is 2.44. The summed E-state index contributed by atoms with van der Waals surface area (Å²) >= 11 is 1.75. The molecule has 1 fully saturated rings.